The molecule has 2 unspecified atom stereocenters. The Kier molecular flexibility index (Phi) is 7.26. The molecule has 0 aliphatic carbocycles. The highest BCUT2D eigenvalue weighted by atomic mass is 79.9. The van der Waals surface area contributed by atoms with E-state index in [1.807, 2.05) is 30.3 Å². The van der Waals surface area contributed by atoms with E-state index in [9.17, 15) is 4.79 Å². The Morgan fingerprint density at radius 2 is 1.78 bits per heavy atom. The molecule has 0 bridgehead atoms. The van der Waals surface area contributed by atoms with Crippen molar-refractivity contribution in [1.29, 1.82) is 0 Å². The molecule has 1 nitrogen and oxygen atoms in total. The van der Waals surface area contributed by atoms with E-state index < -0.39 is 0 Å². The summed E-state index contributed by atoms with van der Waals surface area (Å²) in [7, 11) is 0. The highest BCUT2D eigenvalue weighted by Crippen LogP contribution is 2.27. The fraction of sp³-hybridized carbons (Fsp3) is 0.562. The molecule has 2 atom stereocenters. The molecule has 0 radical (unpaired) electrons. The summed E-state index contributed by atoms with van der Waals surface area (Å²) in [6, 6.07) is 9.60. The third-order valence-corrected chi connectivity index (χ3v) is 4.47. The number of Topliss-reactive ketones (excluding diaryl/α,β-unsaturated/α-hetero) is 1. The van der Waals surface area contributed by atoms with Crippen LogP contribution in [0.4, 0.5) is 0 Å². The predicted molar refractivity (Wildman–Crippen MR) is 81.4 cm³/mol. The van der Waals surface area contributed by atoms with Crippen LogP contribution in [0.3, 0.4) is 0 Å². The lowest BCUT2D eigenvalue weighted by Crippen LogP contribution is -2.24. The van der Waals surface area contributed by atoms with Crippen LogP contribution in [0.2, 0.25) is 0 Å². The molecular weight excluding hydrogens is 288 g/mol. The Balaban J connectivity index is 2.69. The van der Waals surface area contributed by atoms with Gasteiger partial charge in [-0.05, 0) is 18.8 Å². The standard InChI is InChI=1S/C16H23BrO/c1-3-5-10-13(9-4-2)15(17)16(18)14-11-7-6-8-12-14/h6-8,11-13,15H,3-5,9-10H2,1-2H3. The van der Waals surface area contributed by atoms with Crippen LogP contribution in [0.1, 0.15) is 56.3 Å². The fourth-order valence-corrected chi connectivity index (χ4v) is 3.04. The molecule has 18 heavy (non-hydrogen) atoms. The molecule has 2 heteroatoms. The van der Waals surface area contributed by atoms with E-state index in [4.69, 9.17) is 0 Å². The highest BCUT2D eigenvalue weighted by Gasteiger charge is 2.25. The molecule has 0 saturated carbocycles. The average Bonchev–Trinajstić information content (AvgIpc) is 2.43. The van der Waals surface area contributed by atoms with Crippen LogP contribution in [0.15, 0.2) is 30.3 Å². The van der Waals surface area contributed by atoms with Crippen molar-refractivity contribution >= 4 is 21.7 Å². The van der Waals surface area contributed by atoms with Crippen LogP contribution in [-0.4, -0.2) is 10.6 Å². The van der Waals surface area contributed by atoms with Gasteiger partial charge in [0.25, 0.3) is 0 Å². The van der Waals surface area contributed by atoms with Gasteiger partial charge in [-0.3, -0.25) is 4.79 Å². The van der Waals surface area contributed by atoms with E-state index in [0.717, 1.165) is 24.8 Å². The number of hydrogen-bond donors (Lipinski definition) is 0. The van der Waals surface area contributed by atoms with Gasteiger partial charge in [0.15, 0.2) is 5.78 Å². The first-order valence-corrected chi connectivity index (χ1v) is 7.85. The molecule has 0 spiro atoms. The van der Waals surface area contributed by atoms with Gasteiger partial charge in [0.2, 0.25) is 0 Å². The van der Waals surface area contributed by atoms with Crippen molar-refractivity contribution in [3.63, 3.8) is 0 Å². The zero-order chi connectivity index (χ0) is 13.4. The van der Waals surface area contributed by atoms with Gasteiger partial charge in [0.05, 0.1) is 4.83 Å². The van der Waals surface area contributed by atoms with Gasteiger partial charge in [0, 0.05) is 5.56 Å². The molecule has 1 rings (SSSR count). The van der Waals surface area contributed by atoms with Crippen LogP contribution in [0.25, 0.3) is 0 Å². The van der Waals surface area contributed by atoms with Crippen molar-refractivity contribution in [1.82, 2.24) is 0 Å². The second-order valence-corrected chi connectivity index (χ2v) is 5.81. The third kappa shape index (κ3) is 4.56. The fourth-order valence-electron chi connectivity index (χ4n) is 2.25. The third-order valence-electron chi connectivity index (χ3n) is 3.31. The molecule has 0 saturated heterocycles. The van der Waals surface area contributed by atoms with Crippen molar-refractivity contribution in [3.05, 3.63) is 35.9 Å². The molecule has 0 N–H and O–H groups in total. The van der Waals surface area contributed by atoms with Crippen molar-refractivity contribution in [3.8, 4) is 0 Å². The molecule has 0 aromatic heterocycles. The Morgan fingerprint density at radius 3 is 2.33 bits per heavy atom. The minimum atomic E-state index is -0.0357. The van der Waals surface area contributed by atoms with Gasteiger partial charge >= 0.3 is 0 Å². The summed E-state index contributed by atoms with van der Waals surface area (Å²) in [5, 5.41) is 0. The molecule has 0 amide bonds. The number of alkyl halides is 1. The minimum absolute atomic E-state index is 0.0357. The topological polar surface area (TPSA) is 17.1 Å². The van der Waals surface area contributed by atoms with Gasteiger partial charge in [-0.25, -0.2) is 0 Å². The first kappa shape index (κ1) is 15.4. The molecule has 1 aromatic carbocycles. The minimum Gasteiger partial charge on any atom is -0.293 e. The normalized spacial score (nSPS) is 14.2. The van der Waals surface area contributed by atoms with E-state index in [0.29, 0.717) is 5.92 Å². The number of hydrogen-bond acceptors (Lipinski definition) is 1. The zero-order valence-corrected chi connectivity index (χ0v) is 12.9. The van der Waals surface area contributed by atoms with Crippen LogP contribution >= 0.6 is 15.9 Å². The molecular formula is C16H23BrO. The Bertz CT molecular complexity index is 347. The highest BCUT2D eigenvalue weighted by molar-refractivity contribution is 9.10. The number of ketones is 1. The van der Waals surface area contributed by atoms with Gasteiger partial charge < -0.3 is 0 Å². The summed E-state index contributed by atoms with van der Waals surface area (Å²) >= 11 is 3.63. The van der Waals surface area contributed by atoms with Gasteiger partial charge in [-0.15, -0.1) is 0 Å². The van der Waals surface area contributed by atoms with Crippen molar-refractivity contribution in [2.45, 2.75) is 50.8 Å². The Morgan fingerprint density at radius 1 is 1.11 bits per heavy atom. The lowest BCUT2D eigenvalue weighted by Gasteiger charge is -2.21. The van der Waals surface area contributed by atoms with Crippen LogP contribution in [0.5, 0.6) is 0 Å². The predicted octanol–water partition coefficient (Wildman–Crippen LogP) is 5.24. The largest absolute Gasteiger partial charge is 0.293 e. The van der Waals surface area contributed by atoms with E-state index in [2.05, 4.69) is 29.8 Å². The SMILES string of the molecule is CCCCC(CCC)C(Br)C(=O)c1ccccc1. The van der Waals surface area contributed by atoms with Crippen LogP contribution in [-0.2, 0) is 0 Å². The van der Waals surface area contributed by atoms with Gasteiger partial charge in [-0.2, -0.15) is 0 Å². The number of benzene rings is 1. The summed E-state index contributed by atoms with van der Waals surface area (Å²) in [4.78, 5) is 12.3. The van der Waals surface area contributed by atoms with Crippen molar-refractivity contribution < 1.29 is 4.79 Å². The van der Waals surface area contributed by atoms with Crippen molar-refractivity contribution in [2.75, 3.05) is 0 Å². The van der Waals surface area contributed by atoms with E-state index in [1.54, 1.807) is 0 Å². The summed E-state index contributed by atoms with van der Waals surface area (Å²) < 4.78 is 0. The second kappa shape index (κ2) is 8.47. The number of unbranched alkanes of at least 4 members (excludes halogenated alkanes) is 1. The summed E-state index contributed by atoms with van der Waals surface area (Å²) in [6.45, 7) is 4.39. The molecule has 0 aliphatic heterocycles. The zero-order valence-electron chi connectivity index (χ0n) is 11.4. The molecule has 0 heterocycles. The number of halogens is 1. The average molecular weight is 311 g/mol. The van der Waals surface area contributed by atoms with Crippen molar-refractivity contribution in [2.24, 2.45) is 5.92 Å². The summed E-state index contributed by atoms with van der Waals surface area (Å²) in [6.07, 6.45) is 5.79. The number of carbonyl (C=O) groups excluding carboxylic acids is 1. The van der Waals surface area contributed by atoms with E-state index >= 15 is 0 Å². The Labute approximate surface area is 119 Å². The summed E-state index contributed by atoms with van der Waals surface area (Å²) in [5.41, 5.74) is 0.817. The first-order chi connectivity index (χ1) is 8.70. The maximum atomic E-state index is 12.4. The second-order valence-electron chi connectivity index (χ2n) is 4.82. The molecule has 0 aliphatic rings. The lowest BCUT2D eigenvalue weighted by molar-refractivity contribution is 0.0967. The maximum Gasteiger partial charge on any atom is 0.176 e. The monoisotopic (exact) mass is 310 g/mol. The van der Waals surface area contributed by atoms with E-state index in [1.165, 1.54) is 12.8 Å². The first-order valence-electron chi connectivity index (χ1n) is 6.94. The molecule has 100 valence electrons. The Hall–Kier alpha value is -0.630. The number of rotatable bonds is 8. The summed E-state index contributed by atoms with van der Waals surface area (Å²) in [5.74, 6) is 0.688. The quantitative estimate of drug-likeness (QED) is 0.474. The number of carbonyl (C=O) groups is 1. The van der Waals surface area contributed by atoms with Gasteiger partial charge in [-0.1, -0.05) is 79.4 Å². The smallest absolute Gasteiger partial charge is 0.176 e. The van der Waals surface area contributed by atoms with E-state index in [-0.39, 0.29) is 10.6 Å². The lowest BCUT2D eigenvalue weighted by atomic mass is 9.90. The molecule has 0 fully saturated rings. The van der Waals surface area contributed by atoms with Crippen LogP contribution in [0, 0.1) is 5.92 Å². The maximum absolute atomic E-state index is 12.4. The molecule has 1 aromatic rings. The van der Waals surface area contributed by atoms with Crippen LogP contribution < -0.4 is 0 Å². The van der Waals surface area contributed by atoms with Gasteiger partial charge in [0.1, 0.15) is 0 Å².